The van der Waals surface area contributed by atoms with Crippen LogP contribution < -0.4 is 20.9 Å². The number of alkyl halides is 3. The molecule has 1 aliphatic heterocycles. The summed E-state index contributed by atoms with van der Waals surface area (Å²) in [6, 6.07) is 11.0. The van der Waals surface area contributed by atoms with Gasteiger partial charge in [0, 0.05) is 41.3 Å². The molecule has 0 bridgehead atoms. The standard InChI is InChI=1S/C22H20F3N5O3/c1-13-11-30(12-26-13)18-8-14(7-15(9-18)22(23,24)25)20(31)28-16-3-2-4-17(10-16)29-21(32)19-5-6-27-33-19/h2-10,13,26H,11-12H2,1H3,(H,28,31)(H,29,32). The van der Waals surface area contributed by atoms with Crippen LogP contribution in [0.5, 0.6) is 0 Å². The van der Waals surface area contributed by atoms with Crippen molar-refractivity contribution in [2.75, 3.05) is 28.7 Å². The van der Waals surface area contributed by atoms with Gasteiger partial charge in [0.1, 0.15) is 0 Å². The number of carbonyl (C=O) groups is 2. The second kappa shape index (κ2) is 8.94. The molecule has 0 spiro atoms. The van der Waals surface area contributed by atoms with Crippen molar-refractivity contribution in [3.8, 4) is 0 Å². The van der Waals surface area contributed by atoms with Gasteiger partial charge in [0.2, 0.25) is 5.76 Å². The van der Waals surface area contributed by atoms with Gasteiger partial charge in [-0.3, -0.25) is 14.9 Å². The van der Waals surface area contributed by atoms with Crippen LogP contribution in [0.1, 0.15) is 33.4 Å². The van der Waals surface area contributed by atoms with Crippen LogP contribution >= 0.6 is 0 Å². The van der Waals surface area contributed by atoms with E-state index in [0.717, 1.165) is 12.1 Å². The van der Waals surface area contributed by atoms with Gasteiger partial charge in [-0.1, -0.05) is 11.2 Å². The zero-order valence-corrected chi connectivity index (χ0v) is 17.4. The third-order valence-corrected chi connectivity index (χ3v) is 5.04. The van der Waals surface area contributed by atoms with Crippen molar-refractivity contribution in [3.05, 3.63) is 71.6 Å². The predicted octanol–water partition coefficient (Wildman–Crippen LogP) is 3.95. The Hall–Kier alpha value is -3.86. The maximum absolute atomic E-state index is 13.5. The van der Waals surface area contributed by atoms with Gasteiger partial charge in [0.25, 0.3) is 11.8 Å². The van der Waals surface area contributed by atoms with Gasteiger partial charge >= 0.3 is 6.18 Å². The molecule has 1 aromatic heterocycles. The number of nitrogens with zero attached hydrogens (tertiary/aromatic N) is 2. The summed E-state index contributed by atoms with van der Waals surface area (Å²) in [5.74, 6) is -1.24. The summed E-state index contributed by atoms with van der Waals surface area (Å²) in [5, 5.41) is 11.8. The van der Waals surface area contributed by atoms with E-state index < -0.39 is 23.6 Å². The summed E-state index contributed by atoms with van der Waals surface area (Å²) in [6.07, 6.45) is -3.28. The molecule has 11 heteroatoms. The van der Waals surface area contributed by atoms with Crippen molar-refractivity contribution in [2.24, 2.45) is 0 Å². The monoisotopic (exact) mass is 459 g/mol. The van der Waals surface area contributed by atoms with Gasteiger partial charge in [-0.15, -0.1) is 0 Å². The minimum atomic E-state index is -4.60. The van der Waals surface area contributed by atoms with Gasteiger partial charge in [-0.25, -0.2) is 0 Å². The SMILES string of the molecule is CC1CN(c2cc(C(=O)Nc3cccc(NC(=O)c4ccno4)c3)cc(C(F)(F)F)c2)CN1. The Morgan fingerprint density at radius 3 is 2.42 bits per heavy atom. The molecule has 3 N–H and O–H groups in total. The number of hydrogen-bond acceptors (Lipinski definition) is 6. The van der Waals surface area contributed by atoms with Crippen LogP contribution in [0.15, 0.2) is 59.3 Å². The third kappa shape index (κ3) is 5.32. The summed E-state index contributed by atoms with van der Waals surface area (Å²) in [7, 11) is 0. The molecule has 0 aliphatic carbocycles. The van der Waals surface area contributed by atoms with Crippen molar-refractivity contribution >= 4 is 28.9 Å². The number of anilines is 3. The predicted molar refractivity (Wildman–Crippen MR) is 115 cm³/mol. The lowest BCUT2D eigenvalue weighted by Gasteiger charge is -2.20. The molecule has 4 rings (SSSR count). The third-order valence-electron chi connectivity index (χ3n) is 5.04. The molecular weight excluding hydrogens is 439 g/mol. The van der Waals surface area contributed by atoms with Gasteiger partial charge < -0.3 is 20.1 Å². The van der Waals surface area contributed by atoms with E-state index in [0.29, 0.717) is 30.3 Å². The first-order valence-corrected chi connectivity index (χ1v) is 10.0. The zero-order chi connectivity index (χ0) is 23.6. The van der Waals surface area contributed by atoms with Crippen molar-refractivity contribution in [1.29, 1.82) is 0 Å². The molecular formula is C22H20F3N5O3. The maximum atomic E-state index is 13.5. The highest BCUT2D eigenvalue weighted by molar-refractivity contribution is 6.06. The molecule has 33 heavy (non-hydrogen) atoms. The number of nitrogens with one attached hydrogen (secondary N) is 3. The van der Waals surface area contributed by atoms with Crippen molar-refractivity contribution in [1.82, 2.24) is 10.5 Å². The first-order valence-electron chi connectivity index (χ1n) is 10.0. The normalized spacial score (nSPS) is 16.0. The average Bonchev–Trinajstić information content (AvgIpc) is 3.45. The van der Waals surface area contributed by atoms with Crippen LogP contribution in [-0.2, 0) is 6.18 Å². The average molecular weight is 459 g/mol. The molecule has 3 aromatic rings. The Bertz CT molecular complexity index is 1160. The van der Waals surface area contributed by atoms with Crippen molar-refractivity contribution in [2.45, 2.75) is 19.1 Å². The van der Waals surface area contributed by atoms with Crippen LogP contribution in [0.25, 0.3) is 0 Å². The van der Waals surface area contributed by atoms with Gasteiger partial charge in [0.15, 0.2) is 0 Å². The number of halogens is 3. The van der Waals surface area contributed by atoms with Gasteiger partial charge in [-0.2, -0.15) is 13.2 Å². The molecule has 1 aliphatic rings. The summed E-state index contributed by atoms with van der Waals surface area (Å²) < 4.78 is 45.2. The first-order chi connectivity index (χ1) is 15.7. The fraction of sp³-hybridized carbons (Fsp3) is 0.227. The largest absolute Gasteiger partial charge is 0.416 e. The molecule has 1 fully saturated rings. The van der Waals surface area contributed by atoms with Gasteiger partial charge in [0.05, 0.1) is 18.4 Å². The Morgan fingerprint density at radius 1 is 1.09 bits per heavy atom. The lowest BCUT2D eigenvalue weighted by atomic mass is 10.1. The highest BCUT2D eigenvalue weighted by Crippen LogP contribution is 2.33. The maximum Gasteiger partial charge on any atom is 0.416 e. The second-order valence-electron chi connectivity index (χ2n) is 7.62. The van der Waals surface area contributed by atoms with Crippen LogP contribution in [0, 0.1) is 0 Å². The van der Waals surface area contributed by atoms with E-state index >= 15 is 0 Å². The molecule has 1 atom stereocenters. The van der Waals surface area contributed by atoms with Crippen LogP contribution in [-0.4, -0.2) is 36.2 Å². The first kappa shape index (κ1) is 22.3. The van der Waals surface area contributed by atoms with E-state index in [2.05, 4.69) is 21.1 Å². The fourth-order valence-corrected chi connectivity index (χ4v) is 3.41. The number of benzene rings is 2. The molecule has 0 saturated carbocycles. The molecule has 2 aromatic carbocycles. The fourth-order valence-electron chi connectivity index (χ4n) is 3.41. The summed E-state index contributed by atoms with van der Waals surface area (Å²) >= 11 is 0. The minimum absolute atomic E-state index is 0.00616. The number of aromatic nitrogens is 1. The molecule has 8 nitrogen and oxygen atoms in total. The Balaban J connectivity index is 1.55. The topological polar surface area (TPSA) is 99.5 Å². The van der Waals surface area contributed by atoms with E-state index in [4.69, 9.17) is 4.52 Å². The molecule has 0 radical (unpaired) electrons. The van der Waals surface area contributed by atoms with E-state index in [1.165, 1.54) is 24.4 Å². The molecule has 1 unspecified atom stereocenters. The van der Waals surface area contributed by atoms with E-state index in [1.807, 2.05) is 6.92 Å². The van der Waals surface area contributed by atoms with Crippen molar-refractivity contribution < 1.29 is 27.3 Å². The molecule has 2 heterocycles. The van der Waals surface area contributed by atoms with Crippen LogP contribution in [0.4, 0.5) is 30.2 Å². The molecule has 1 saturated heterocycles. The lowest BCUT2D eigenvalue weighted by Crippen LogP contribution is -2.23. The quantitative estimate of drug-likeness (QED) is 0.534. The van der Waals surface area contributed by atoms with Crippen molar-refractivity contribution in [3.63, 3.8) is 0 Å². The Morgan fingerprint density at radius 2 is 1.82 bits per heavy atom. The lowest BCUT2D eigenvalue weighted by molar-refractivity contribution is -0.137. The van der Waals surface area contributed by atoms with E-state index in [-0.39, 0.29) is 17.4 Å². The summed E-state index contributed by atoms with van der Waals surface area (Å²) in [4.78, 5) is 26.7. The summed E-state index contributed by atoms with van der Waals surface area (Å²) in [5.41, 5.74) is -0.0741. The molecule has 172 valence electrons. The number of rotatable bonds is 5. The number of hydrogen-bond donors (Lipinski definition) is 3. The number of amides is 2. The highest BCUT2D eigenvalue weighted by Gasteiger charge is 2.33. The van der Waals surface area contributed by atoms with Crippen LogP contribution in [0.2, 0.25) is 0 Å². The minimum Gasteiger partial charge on any atom is -0.357 e. The van der Waals surface area contributed by atoms with E-state index in [1.54, 1.807) is 23.1 Å². The van der Waals surface area contributed by atoms with E-state index in [9.17, 15) is 22.8 Å². The Labute approximate surface area is 186 Å². The second-order valence-corrected chi connectivity index (χ2v) is 7.62. The van der Waals surface area contributed by atoms with Gasteiger partial charge in [-0.05, 0) is 43.3 Å². The van der Waals surface area contributed by atoms with Crippen LogP contribution in [0.3, 0.4) is 0 Å². The number of carbonyl (C=O) groups excluding carboxylic acids is 2. The summed E-state index contributed by atoms with van der Waals surface area (Å²) in [6.45, 7) is 2.83. The highest BCUT2D eigenvalue weighted by atomic mass is 19.4. The Kier molecular flexibility index (Phi) is 6.05. The zero-order valence-electron chi connectivity index (χ0n) is 17.4. The molecule has 2 amide bonds. The smallest absolute Gasteiger partial charge is 0.357 e.